The summed E-state index contributed by atoms with van der Waals surface area (Å²) in [6.45, 7) is 2.41. The number of furan rings is 1. The summed E-state index contributed by atoms with van der Waals surface area (Å²) < 4.78 is 7.16. The maximum atomic E-state index is 12.2. The molecule has 3 heterocycles. The molecular formula is C15H16N4O2S2. The van der Waals surface area contributed by atoms with E-state index in [1.807, 2.05) is 42.1 Å². The first-order chi connectivity index (χ1) is 11.1. The molecule has 3 rings (SSSR count). The van der Waals surface area contributed by atoms with E-state index in [4.69, 9.17) is 4.42 Å². The van der Waals surface area contributed by atoms with E-state index in [-0.39, 0.29) is 11.2 Å². The molecular weight excluding hydrogens is 332 g/mol. The van der Waals surface area contributed by atoms with Gasteiger partial charge in [-0.3, -0.25) is 4.79 Å². The summed E-state index contributed by atoms with van der Waals surface area (Å²) in [7, 11) is 1.86. The van der Waals surface area contributed by atoms with Crippen molar-refractivity contribution in [1.29, 1.82) is 0 Å². The molecule has 1 atom stereocenters. The molecule has 0 saturated carbocycles. The van der Waals surface area contributed by atoms with Crippen LogP contribution in [0.1, 0.15) is 11.8 Å². The highest BCUT2D eigenvalue weighted by atomic mass is 32.2. The number of hydrogen-bond donors (Lipinski definition) is 1. The van der Waals surface area contributed by atoms with Crippen molar-refractivity contribution < 1.29 is 9.21 Å². The quantitative estimate of drug-likeness (QED) is 0.693. The van der Waals surface area contributed by atoms with E-state index < -0.39 is 0 Å². The molecule has 8 heteroatoms. The predicted octanol–water partition coefficient (Wildman–Crippen LogP) is 2.93. The molecule has 0 bridgehead atoms. The lowest BCUT2D eigenvalue weighted by molar-refractivity contribution is -0.120. The Hall–Kier alpha value is -2.06. The first-order valence-electron chi connectivity index (χ1n) is 7.05. The van der Waals surface area contributed by atoms with Crippen LogP contribution in [0.2, 0.25) is 0 Å². The molecule has 120 valence electrons. The van der Waals surface area contributed by atoms with E-state index in [0.717, 1.165) is 4.88 Å². The van der Waals surface area contributed by atoms with Crippen LogP contribution in [-0.2, 0) is 18.4 Å². The first-order valence-corrected chi connectivity index (χ1v) is 8.81. The Morgan fingerprint density at radius 3 is 3.00 bits per heavy atom. The lowest BCUT2D eigenvalue weighted by Crippen LogP contribution is -2.30. The maximum absolute atomic E-state index is 12.2. The SMILES string of the molecule is CC(Sc1nnc(-c2ccco2)n1C)C(=O)NCc1cccs1. The van der Waals surface area contributed by atoms with Gasteiger partial charge in [-0.25, -0.2) is 0 Å². The lowest BCUT2D eigenvalue weighted by atomic mass is 10.4. The van der Waals surface area contributed by atoms with Crippen LogP contribution in [0.3, 0.4) is 0 Å². The van der Waals surface area contributed by atoms with Crippen LogP contribution in [0.5, 0.6) is 0 Å². The van der Waals surface area contributed by atoms with Gasteiger partial charge in [0.25, 0.3) is 0 Å². The van der Waals surface area contributed by atoms with E-state index in [1.54, 1.807) is 23.7 Å². The molecule has 0 fully saturated rings. The molecule has 23 heavy (non-hydrogen) atoms. The predicted molar refractivity (Wildman–Crippen MR) is 90.2 cm³/mol. The van der Waals surface area contributed by atoms with Gasteiger partial charge in [0, 0.05) is 11.9 Å². The van der Waals surface area contributed by atoms with Crippen LogP contribution >= 0.6 is 23.1 Å². The fraction of sp³-hybridized carbons (Fsp3) is 0.267. The molecule has 0 spiro atoms. The minimum absolute atomic E-state index is 0.0223. The number of carbonyl (C=O) groups excluding carboxylic acids is 1. The number of thiophene rings is 1. The topological polar surface area (TPSA) is 73.0 Å². The minimum atomic E-state index is -0.262. The highest BCUT2D eigenvalue weighted by Gasteiger charge is 2.20. The summed E-state index contributed by atoms with van der Waals surface area (Å²) in [6, 6.07) is 7.61. The van der Waals surface area contributed by atoms with Gasteiger partial charge in [-0.15, -0.1) is 21.5 Å². The van der Waals surface area contributed by atoms with Crippen molar-refractivity contribution >= 4 is 29.0 Å². The third kappa shape index (κ3) is 3.65. The second-order valence-electron chi connectivity index (χ2n) is 4.90. The Bertz CT molecular complexity index is 766. The van der Waals surface area contributed by atoms with Crippen molar-refractivity contribution in [3.63, 3.8) is 0 Å². The molecule has 0 aromatic carbocycles. The van der Waals surface area contributed by atoms with Crippen molar-refractivity contribution in [2.75, 3.05) is 0 Å². The second-order valence-corrected chi connectivity index (χ2v) is 7.24. The van der Waals surface area contributed by atoms with Crippen molar-refractivity contribution in [2.45, 2.75) is 23.9 Å². The van der Waals surface area contributed by atoms with Gasteiger partial charge >= 0.3 is 0 Å². The average molecular weight is 348 g/mol. The van der Waals surface area contributed by atoms with Crippen molar-refractivity contribution in [1.82, 2.24) is 20.1 Å². The van der Waals surface area contributed by atoms with E-state index in [0.29, 0.717) is 23.3 Å². The molecule has 0 aliphatic heterocycles. The van der Waals surface area contributed by atoms with Gasteiger partial charge in [-0.2, -0.15) is 0 Å². The smallest absolute Gasteiger partial charge is 0.233 e. The zero-order chi connectivity index (χ0) is 16.2. The second kappa shape index (κ2) is 7.01. The summed E-state index contributed by atoms with van der Waals surface area (Å²) in [4.78, 5) is 13.3. The number of amides is 1. The van der Waals surface area contributed by atoms with Gasteiger partial charge in [-0.1, -0.05) is 17.8 Å². The highest BCUT2D eigenvalue weighted by Crippen LogP contribution is 2.25. The van der Waals surface area contributed by atoms with Crippen LogP contribution < -0.4 is 5.32 Å². The van der Waals surface area contributed by atoms with Gasteiger partial charge < -0.3 is 14.3 Å². The van der Waals surface area contributed by atoms with Gasteiger partial charge in [0.05, 0.1) is 18.1 Å². The third-order valence-electron chi connectivity index (χ3n) is 3.24. The third-order valence-corrected chi connectivity index (χ3v) is 5.26. The van der Waals surface area contributed by atoms with Crippen molar-refractivity contribution in [3.8, 4) is 11.6 Å². The molecule has 0 aliphatic carbocycles. The number of nitrogens with zero attached hydrogens (tertiary/aromatic N) is 3. The molecule has 3 aromatic heterocycles. The first kappa shape index (κ1) is 15.8. The molecule has 1 unspecified atom stereocenters. The number of nitrogens with one attached hydrogen (secondary N) is 1. The Morgan fingerprint density at radius 1 is 1.43 bits per heavy atom. The summed E-state index contributed by atoms with van der Waals surface area (Å²) in [5.74, 6) is 1.27. The summed E-state index contributed by atoms with van der Waals surface area (Å²) in [5.41, 5.74) is 0. The van der Waals surface area contributed by atoms with E-state index >= 15 is 0 Å². The average Bonchev–Trinajstić information content (AvgIpc) is 3.27. The molecule has 3 aromatic rings. The standard InChI is InChI=1S/C15H16N4O2S2/c1-10(14(20)16-9-11-5-4-8-22-11)23-15-18-17-13(19(15)2)12-6-3-7-21-12/h3-8,10H,9H2,1-2H3,(H,16,20). The van der Waals surface area contributed by atoms with Crippen molar-refractivity contribution in [3.05, 3.63) is 40.8 Å². The zero-order valence-electron chi connectivity index (χ0n) is 12.7. The van der Waals surface area contributed by atoms with Crippen LogP contribution in [-0.4, -0.2) is 25.9 Å². The van der Waals surface area contributed by atoms with Gasteiger partial charge in [0.2, 0.25) is 5.91 Å². The Balaban J connectivity index is 1.61. The van der Waals surface area contributed by atoms with Gasteiger partial charge in [0.1, 0.15) is 0 Å². The molecule has 1 amide bonds. The van der Waals surface area contributed by atoms with Crippen LogP contribution in [0.15, 0.2) is 45.5 Å². The normalized spacial score (nSPS) is 12.3. The fourth-order valence-electron chi connectivity index (χ4n) is 1.98. The summed E-state index contributed by atoms with van der Waals surface area (Å²) in [5, 5.41) is 13.6. The molecule has 1 N–H and O–H groups in total. The maximum Gasteiger partial charge on any atom is 0.233 e. The van der Waals surface area contributed by atoms with Crippen molar-refractivity contribution in [2.24, 2.45) is 7.05 Å². The number of thioether (sulfide) groups is 1. The number of aromatic nitrogens is 3. The number of hydrogen-bond acceptors (Lipinski definition) is 6. The number of rotatable bonds is 6. The summed E-state index contributed by atoms with van der Waals surface area (Å²) in [6.07, 6.45) is 1.59. The molecule has 0 aliphatic rings. The van der Waals surface area contributed by atoms with Crippen LogP contribution in [0.25, 0.3) is 11.6 Å². The van der Waals surface area contributed by atoms with Crippen LogP contribution in [0.4, 0.5) is 0 Å². The fourth-order valence-corrected chi connectivity index (χ4v) is 3.46. The van der Waals surface area contributed by atoms with E-state index in [1.165, 1.54) is 11.8 Å². The monoisotopic (exact) mass is 348 g/mol. The Morgan fingerprint density at radius 2 is 2.30 bits per heavy atom. The van der Waals surface area contributed by atoms with Crippen LogP contribution in [0, 0.1) is 0 Å². The van der Waals surface area contributed by atoms with E-state index in [2.05, 4.69) is 15.5 Å². The number of carbonyl (C=O) groups is 1. The molecule has 0 radical (unpaired) electrons. The highest BCUT2D eigenvalue weighted by molar-refractivity contribution is 8.00. The Labute approximate surface area is 141 Å². The molecule has 6 nitrogen and oxygen atoms in total. The summed E-state index contributed by atoms with van der Waals surface area (Å²) >= 11 is 3.00. The molecule has 0 saturated heterocycles. The van der Waals surface area contributed by atoms with E-state index in [9.17, 15) is 4.79 Å². The van der Waals surface area contributed by atoms with Gasteiger partial charge in [0.15, 0.2) is 16.7 Å². The largest absolute Gasteiger partial charge is 0.461 e. The zero-order valence-corrected chi connectivity index (χ0v) is 14.4. The minimum Gasteiger partial charge on any atom is -0.461 e. The lowest BCUT2D eigenvalue weighted by Gasteiger charge is -2.10. The van der Waals surface area contributed by atoms with Gasteiger partial charge in [-0.05, 0) is 30.5 Å². The Kier molecular flexibility index (Phi) is 4.82.